The molecule has 2 N–H and O–H groups in total. The molecule has 0 amide bonds. The molecule has 0 saturated carbocycles. The number of hydrogen-bond acceptors (Lipinski definition) is 2. The summed E-state index contributed by atoms with van der Waals surface area (Å²) in [5.74, 6) is -1.73. The summed E-state index contributed by atoms with van der Waals surface area (Å²) in [5.41, 5.74) is 0.595. The van der Waals surface area contributed by atoms with Crippen molar-refractivity contribution in [3.8, 4) is 0 Å². The molecule has 98 valence electrons. The summed E-state index contributed by atoms with van der Waals surface area (Å²) in [6.45, 7) is 0. The van der Waals surface area contributed by atoms with Gasteiger partial charge in [0.25, 0.3) is 0 Å². The van der Waals surface area contributed by atoms with Gasteiger partial charge in [-0.25, -0.2) is 9.18 Å². The highest BCUT2D eigenvalue weighted by Gasteiger charge is 2.22. The molecule has 0 aliphatic heterocycles. The van der Waals surface area contributed by atoms with Crippen LogP contribution in [0.4, 0.5) is 10.1 Å². The Kier molecular flexibility index (Phi) is 4.02. The molecule has 0 bridgehead atoms. The Balaban J connectivity index is 2.32. The van der Waals surface area contributed by atoms with Crippen LogP contribution in [0.25, 0.3) is 0 Å². The first-order valence-corrected chi connectivity index (χ1v) is 5.95. The van der Waals surface area contributed by atoms with E-state index in [-0.39, 0.29) is 5.56 Å². The minimum Gasteiger partial charge on any atom is -0.479 e. The van der Waals surface area contributed by atoms with Crippen LogP contribution in [0.2, 0.25) is 5.02 Å². The summed E-state index contributed by atoms with van der Waals surface area (Å²) < 4.78 is 13.7. The molecule has 0 fully saturated rings. The first-order chi connectivity index (χ1) is 9.08. The van der Waals surface area contributed by atoms with Gasteiger partial charge in [0.1, 0.15) is 5.82 Å². The largest absolute Gasteiger partial charge is 0.479 e. The van der Waals surface area contributed by atoms with Crippen LogP contribution in [0.3, 0.4) is 0 Å². The molecule has 2 aromatic carbocycles. The number of rotatable bonds is 4. The van der Waals surface area contributed by atoms with E-state index in [2.05, 4.69) is 5.32 Å². The Labute approximate surface area is 114 Å². The summed E-state index contributed by atoms with van der Waals surface area (Å²) in [5, 5.41) is 12.4. The molecule has 0 radical (unpaired) electrons. The average molecular weight is 280 g/mol. The maximum absolute atomic E-state index is 13.7. The lowest BCUT2D eigenvalue weighted by atomic mass is 10.1. The van der Waals surface area contributed by atoms with Gasteiger partial charge in [0, 0.05) is 16.3 Å². The molecule has 2 aromatic rings. The zero-order valence-corrected chi connectivity index (χ0v) is 10.6. The number of carboxylic acid groups (broad SMARTS) is 1. The third kappa shape index (κ3) is 3.23. The topological polar surface area (TPSA) is 49.3 Å². The van der Waals surface area contributed by atoms with Gasteiger partial charge in [-0.05, 0) is 24.3 Å². The van der Waals surface area contributed by atoms with E-state index in [1.54, 1.807) is 30.3 Å². The van der Waals surface area contributed by atoms with E-state index in [1.165, 1.54) is 18.2 Å². The van der Waals surface area contributed by atoms with Crippen molar-refractivity contribution in [2.45, 2.75) is 6.04 Å². The lowest BCUT2D eigenvalue weighted by Crippen LogP contribution is -2.21. The highest BCUT2D eigenvalue weighted by atomic mass is 35.5. The first kappa shape index (κ1) is 13.4. The summed E-state index contributed by atoms with van der Waals surface area (Å²) in [4.78, 5) is 11.3. The quantitative estimate of drug-likeness (QED) is 0.897. The lowest BCUT2D eigenvalue weighted by molar-refractivity contribution is -0.138. The maximum atomic E-state index is 13.7. The molecular weight excluding hydrogens is 269 g/mol. The van der Waals surface area contributed by atoms with Crippen molar-refractivity contribution in [2.24, 2.45) is 0 Å². The Morgan fingerprint density at radius 3 is 2.58 bits per heavy atom. The smallest absolute Gasteiger partial charge is 0.330 e. The van der Waals surface area contributed by atoms with Crippen molar-refractivity contribution in [3.63, 3.8) is 0 Å². The monoisotopic (exact) mass is 279 g/mol. The fraction of sp³-hybridized carbons (Fsp3) is 0.0714. The van der Waals surface area contributed by atoms with Crippen LogP contribution in [0.1, 0.15) is 11.6 Å². The van der Waals surface area contributed by atoms with Gasteiger partial charge in [-0.3, -0.25) is 0 Å². The van der Waals surface area contributed by atoms with Crippen molar-refractivity contribution < 1.29 is 14.3 Å². The molecule has 0 aliphatic carbocycles. The van der Waals surface area contributed by atoms with Crippen molar-refractivity contribution in [2.75, 3.05) is 5.32 Å². The van der Waals surface area contributed by atoms with Crippen LogP contribution in [-0.2, 0) is 4.79 Å². The molecular formula is C14H11ClFNO2. The predicted molar refractivity (Wildman–Crippen MR) is 71.9 cm³/mol. The number of aliphatic carboxylic acids is 1. The highest BCUT2D eigenvalue weighted by Crippen LogP contribution is 2.24. The molecule has 0 aromatic heterocycles. The first-order valence-electron chi connectivity index (χ1n) is 5.57. The minimum absolute atomic E-state index is 0.0787. The van der Waals surface area contributed by atoms with E-state index in [0.29, 0.717) is 10.7 Å². The van der Waals surface area contributed by atoms with Crippen LogP contribution >= 0.6 is 11.6 Å². The molecule has 0 aliphatic rings. The van der Waals surface area contributed by atoms with Crippen molar-refractivity contribution >= 4 is 23.3 Å². The summed E-state index contributed by atoms with van der Waals surface area (Å²) in [6, 6.07) is 11.2. The Hall–Kier alpha value is -2.07. The SMILES string of the molecule is O=C(O)C(Nc1cccc(Cl)c1)c1ccccc1F. The second-order valence-electron chi connectivity index (χ2n) is 3.95. The number of benzene rings is 2. The van der Waals surface area contributed by atoms with Gasteiger partial charge in [0.15, 0.2) is 6.04 Å². The predicted octanol–water partition coefficient (Wildman–Crippen LogP) is 3.72. The maximum Gasteiger partial charge on any atom is 0.330 e. The number of hydrogen-bond donors (Lipinski definition) is 2. The molecule has 1 atom stereocenters. The molecule has 0 saturated heterocycles. The van der Waals surface area contributed by atoms with Crippen LogP contribution in [0.5, 0.6) is 0 Å². The highest BCUT2D eigenvalue weighted by molar-refractivity contribution is 6.30. The van der Waals surface area contributed by atoms with E-state index in [4.69, 9.17) is 11.6 Å². The van der Waals surface area contributed by atoms with Gasteiger partial charge in [0.2, 0.25) is 0 Å². The number of nitrogens with one attached hydrogen (secondary N) is 1. The molecule has 0 heterocycles. The van der Waals surface area contributed by atoms with Gasteiger partial charge in [-0.15, -0.1) is 0 Å². The summed E-state index contributed by atoms with van der Waals surface area (Å²) in [6.07, 6.45) is 0. The lowest BCUT2D eigenvalue weighted by Gasteiger charge is -2.16. The molecule has 1 unspecified atom stereocenters. The van der Waals surface area contributed by atoms with Crippen molar-refractivity contribution in [3.05, 3.63) is 64.9 Å². The van der Waals surface area contributed by atoms with E-state index in [9.17, 15) is 14.3 Å². The summed E-state index contributed by atoms with van der Waals surface area (Å²) in [7, 11) is 0. The van der Waals surface area contributed by atoms with E-state index in [1.807, 2.05) is 0 Å². The zero-order chi connectivity index (χ0) is 13.8. The standard InChI is InChI=1S/C14H11ClFNO2/c15-9-4-3-5-10(8-9)17-13(14(18)19)11-6-1-2-7-12(11)16/h1-8,13,17H,(H,18,19). The zero-order valence-electron chi connectivity index (χ0n) is 9.81. The van der Waals surface area contributed by atoms with Crippen molar-refractivity contribution in [1.82, 2.24) is 0 Å². The third-order valence-corrected chi connectivity index (χ3v) is 2.83. The second-order valence-corrected chi connectivity index (χ2v) is 4.38. The van der Waals surface area contributed by atoms with E-state index >= 15 is 0 Å². The minimum atomic E-state index is -1.17. The van der Waals surface area contributed by atoms with Gasteiger partial charge >= 0.3 is 5.97 Å². The van der Waals surface area contributed by atoms with E-state index in [0.717, 1.165) is 0 Å². The van der Waals surface area contributed by atoms with Gasteiger partial charge in [0.05, 0.1) is 0 Å². The van der Waals surface area contributed by atoms with Gasteiger partial charge < -0.3 is 10.4 Å². The molecule has 3 nitrogen and oxygen atoms in total. The molecule has 5 heteroatoms. The number of halogens is 2. The van der Waals surface area contributed by atoms with Crippen LogP contribution < -0.4 is 5.32 Å². The number of anilines is 1. The van der Waals surface area contributed by atoms with E-state index < -0.39 is 17.8 Å². The second kappa shape index (κ2) is 5.71. The Bertz CT molecular complexity index is 604. The molecule has 19 heavy (non-hydrogen) atoms. The van der Waals surface area contributed by atoms with Gasteiger partial charge in [-0.2, -0.15) is 0 Å². The fourth-order valence-electron chi connectivity index (χ4n) is 1.73. The van der Waals surface area contributed by atoms with Crippen molar-refractivity contribution in [1.29, 1.82) is 0 Å². The number of carbonyl (C=O) groups is 1. The van der Waals surface area contributed by atoms with Crippen LogP contribution in [0.15, 0.2) is 48.5 Å². The normalized spacial score (nSPS) is 11.9. The third-order valence-electron chi connectivity index (χ3n) is 2.60. The van der Waals surface area contributed by atoms with Crippen LogP contribution in [0, 0.1) is 5.82 Å². The average Bonchev–Trinajstić information content (AvgIpc) is 2.37. The summed E-state index contributed by atoms with van der Waals surface area (Å²) >= 11 is 5.82. The fourth-order valence-corrected chi connectivity index (χ4v) is 1.92. The Morgan fingerprint density at radius 1 is 1.21 bits per heavy atom. The molecule has 2 rings (SSSR count). The van der Waals surface area contributed by atoms with Gasteiger partial charge in [-0.1, -0.05) is 35.9 Å². The molecule has 0 spiro atoms. The number of carboxylic acids is 1. The van der Waals surface area contributed by atoms with Crippen LogP contribution in [-0.4, -0.2) is 11.1 Å². The Morgan fingerprint density at radius 2 is 1.95 bits per heavy atom.